The molecule has 5 nitrogen and oxygen atoms in total. The van der Waals surface area contributed by atoms with Gasteiger partial charge in [-0.15, -0.1) is 0 Å². The highest BCUT2D eigenvalue weighted by Crippen LogP contribution is 2.27. The van der Waals surface area contributed by atoms with Gasteiger partial charge in [0, 0.05) is 5.69 Å². The van der Waals surface area contributed by atoms with E-state index in [1.807, 2.05) is 30.3 Å². The number of carbonyl (C=O) groups excluding carboxylic acids is 1. The number of nitrogens with zero attached hydrogens (tertiary/aromatic N) is 1. The second kappa shape index (κ2) is 5.80. The van der Waals surface area contributed by atoms with Gasteiger partial charge >= 0.3 is 0 Å². The minimum absolute atomic E-state index is 0.0535. The van der Waals surface area contributed by atoms with E-state index < -0.39 is 0 Å². The Bertz CT molecular complexity index is 771. The molecule has 0 bridgehead atoms. The molecule has 0 atom stereocenters. The summed E-state index contributed by atoms with van der Waals surface area (Å²) in [5.41, 5.74) is 7.21. The molecule has 0 aliphatic carbocycles. The van der Waals surface area contributed by atoms with Crippen molar-refractivity contribution < 1.29 is 9.53 Å². The predicted molar refractivity (Wildman–Crippen MR) is 84.6 cm³/mol. The number of rotatable bonds is 4. The molecule has 3 aromatic rings. The molecule has 106 valence electrons. The van der Waals surface area contributed by atoms with Crippen molar-refractivity contribution in [2.75, 3.05) is 17.7 Å². The maximum atomic E-state index is 11.8. The molecule has 1 aromatic heterocycles. The summed E-state index contributed by atoms with van der Waals surface area (Å²) in [5, 5.41) is 3.26. The van der Waals surface area contributed by atoms with Gasteiger partial charge in [-0.05, 0) is 30.3 Å². The first-order valence-corrected chi connectivity index (χ1v) is 7.16. The Morgan fingerprint density at radius 3 is 2.86 bits per heavy atom. The number of nitrogen functional groups attached to an aromatic ring is 1. The number of nitrogens with one attached hydrogen (secondary N) is 1. The number of hydrogen-bond donors (Lipinski definition) is 2. The lowest BCUT2D eigenvalue weighted by atomic mass is 10.3. The van der Waals surface area contributed by atoms with Gasteiger partial charge in [0.2, 0.25) is 0 Å². The number of hydrogen-bond acceptors (Lipinski definition) is 5. The minimum Gasteiger partial charge on any atom is -0.484 e. The van der Waals surface area contributed by atoms with Crippen molar-refractivity contribution in [2.45, 2.75) is 0 Å². The van der Waals surface area contributed by atoms with E-state index in [4.69, 9.17) is 10.5 Å². The third-order valence-electron chi connectivity index (χ3n) is 2.77. The molecule has 0 saturated heterocycles. The maximum absolute atomic E-state index is 11.8. The number of aromatic nitrogens is 1. The molecule has 1 amide bonds. The van der Waals surface area contributed by atoms with Crippen LogP contribution in [-0.4, -0.2) is 17.5 Å². The smallest absolute Gasteiger partial charge is 0.264 e. The fourth-order valence-electron chi connectivity index (χ4n) is 1.82. The lowest BCUT2D eigenvalue weighted by Gasteiger charge is -2.04. The summed E-state index contributed by atoms with van der Waals surface area (Å²) in [7, 11) is 0. The number of fused-ring (bicyclic) bond motifs is 1. The fourth-order valence-corrected chi connectivity index (χ4v) is 2.75. The van der Waals surface area contributed by atoms with Crippen molar-refractivity contribution in [1.29, 1.82) is 0 Å². The summed E-state index contributed by atoms with van der Waals surface area (Å²) in [6.45, 7) is -0.0535. The van der Waals surface area contributed by atoms with Gasteiger partial charge in [-0.3, -0.25) is 10.1 Å². The molecule has 0 radical (unpaired) electrons. The molecule has 1 heterocycles. The number of benzene rings is 2. The van der Waals surface area contributed by atoms with Crippen LogP contribution in [0.2, 0.25) is 0 Å². The number of nitrogens with two attached hydrogens (primary N) is 1. The Labute approximate surface area is 125 Å². The molecule has 3 rings (SSSR count). The van der Waals surface area contributed by atoms with Crippen LogP contribution in [-0.2, 0) is 4.79 Å². The zero-order valence-electron chi connectivity index (χ0n) is 11.1. The molecule has 0 spiro atoms. The molecule has 0 aliphatic heterocycles. The Hall–Kier alpha value is -2.60. The second-order valence-corrected chi connectivity index (χ2v) is 5.43. The molecular formula is C15H13N3O2S. The molecule has 0 saturated carbocycles. The first-order chi connectivity index (χ1) is 10.2. The topological polar surface area (TPSA) is 77.2 Å². The Morgan fingerprint density at radius 2 is 2.05 bits per heavy atom. The molecule has 0 fully saturated rings. The minimum atomic E-state index is -0.245. The highest BCUT2D eigenvalue weighted by Gasteiger charge is 2.08. The quantitative estimate of drug-likeness (QED) is 0.726. The molecular weight excluding hydrogens is 286 g/mol. The number of thiazole rings is 1. The van der Waals surface area contributed by atoms with Gasteiger partial charge in [-0.2, -0.15) is 0 Å². The molecule has 0 aliphatic rings. The van der Waals surface area contributed by atoms with Crippen LogP contribution in [0.25, 0.3) is 10.2 Å². The van der Waals surface area contributed by atoms with Gasteiger partial charge in [-0.25, -0.2) is 4.98 Å². The van der Waals surface area contributed by atoms with Crippen LogP contribution in [0.5, 0.6) is 5.75 Å². The van der Waals surface area contributed by atoms with Crippen molar-refractivity contribution in [1.82, 2.24) is 4.98 Å². The Balaban J connectivity index is 1.63. The van der Waals surface area contributed by atoms with Gasteiger partial charge < -0.3 is 10.5 Å². The largest absolute Gasteiger partial charge is 0.484 e. The van der Waals surface area contributed by atoms with Crippen molar-refractivity contribution in [2.24, 2.45) is 0 Å². The van der Waals surface area contributed by atoms with Gasteiger partial charge in [-0.1, -0.05) is 29.5 Å². The van der Waals surface area contributed by atoms with Gasteiger partial charge in [0.05, 0.1) is 10.2 Å². The average molecular weight is 299 g/mol. The van der Waals surface area contributed by atoms with E-state index in [0.29, 0.717) is 16.6 Å². The predicted octanol–water partition coefficient (Wildman–Crippen LogP) is 2.90. The highest BCUT2D eigenvalue weighted by molar-refractivity contribution is 7.22. The number of carbonyl (C=O) groups is 1. The van der Waals surface area contributed by atoms with Crippen LogP contribution in [0, 0.1) is 0 Å². The summed E-state index contributed by atoms with van der Waals surface area (Å²) >= 11 is 1.38. The van der Waals surface area contributed by atoms with Crippen molar-refractivity contribution in [3.63, 3.8) is 0 Å². The molecule has 2 aromatic carbocycles. The molecule has 6 heteroatoms. The summed E-state index contributed by atoms with van der Waals surface area (Å²) in [4.78, 5) is 16.2. The highest BCUT2D eigenvalue weighted by atomic mass is 32.1. The van der Waals surface area contributed by atoms with Crippen molar-refractivity contribution in [3.8, 4) is 5.75 Å². The zero-order valence-corrected chi connectivity index (χ0v) is 11.9. The van der Waals surface area contributed by atoms with E-state index in [1.54, 1.807) is 18.2 Å². The van der Waals surface area contributed by atoms with E-state index in [0.717, 1.165) is 10.2 Å². The van der Waals surface area contributed by atoms with Crippen LogP contribution in [0.1, 0.15) is 0 Å². The summed E-state index contributed by atoms with van der Waals surface area (Å²) in [5.74, 6) is 0.413. The van der Waals surface area contributed by atoms with Crippen LogP contribution in [0.4, 0.5) is 10.8 Å². The Morgan fingerprint density at radius 1 is 1.24 bits per heavy atom. The first kappa shape index (κ1) is 13.4. The lowest BCUT2D eigenvalue weighted by molar-refractivity contribution is -0.118. The van der Waals surface area contributed by atoms with Crippen molar-refractivity contribution >= 4 is 38.3 Å². The maximum Gasteiger partial charge on any atom is 0.264 e. The number of ether oxygens (including phenoxy) is 1. The zero-order chi connectivity index (χ0) is 14.7. The van der Waals surface area contributed by atoms with Crippen molar-refractivity contribution in [3.05, 3.63) is 48.5 Å². The summed E-state index contributed by atoms with van der Waals surface area (Å²) < 4.78 is 6.32. The molecule has 0 unspecified atom stereocenters. The van der Waals surface area contributed by atoms with Crippen LogP contribution >= 0.6 is 11.3 Å². The van der Waals surface area contributed by atoms with Gasteiger partial charge in [0.25, 0.3) is 5.91 Å². The lowest BCUT2D eigenvalue weighted by Crippen LogP contribution is -2.19. The second-order valence-electron chi connectivity index (χ2n) is 4.40. The van der Waals surface area contributed by atoms with Crippen LogP contribution in [0.3, 0.4) is 0 Å². The first-order valence-electron chi connectivity index (χ1n) is 6.34. The third kappa shape index (κ3) is 3.29. The van der Waals surface area contributed by atoms with Gasteiger partial charge in [0.1, 0.15) is 5.75 Å². The van der Waals surface area contributed by atoms with Crippen LogP contribution in [0.15, 0.2) is 48.5 Å². The Kier molecular flexibility index (Phi) is 3.70. The van der Waals surface area contributed by atoms with E-state index in [9.17, 15) is 4.79 Å². The standard InChI is InChI=1S/C15H13N3O2S/c16-10-6-7-12-13(8-10)21-15(17-12)18-14(19)9-20-11-4-2-1-3-5-11/h1-8H,9,16H2,(H,17,18,19). The third-order valence-corrected chi connectivity index (χ3v) is 3.71. The van der Waals surface area contributed by atoms with E-state index >= 15 is 0 Å². The normalized spacial score (nSPS) is 10.5. The monoisotopic (exact) mass is 299 g/mol. The molecule has 21 heavy (non-hydrogen) atoms. The number of para-hydroxylation sites is 1. The molecule has 3 N–H and O–H groups in total. The SMILES string of the molecule is Nc1ccc2nc(NC(=O)COc3ccccc3)sc2c1. The number of anilines is 2. The van der Waals surface area contributed by atoms with Gasteiger partial charge in [0.15, 0.2) is 11.7 Å². The summed E-state index contributed by atoms with van der Waals surface area (Å²) in [6, 6.07) is 14.6. The summed E-state index contributed by atoms with van der Waals surface area (Å²) in [6.07, 6.45) is 0. The number of amides is 1. The fraction of sp³-hybridized carbons (Fsp3) is 0.0667. The van der Waals surface area contributed by atoms with E-state index in [1.165, 1.54) is 11.3 Å². The van der Waals surface area contributed by atoms with E-state index in [-0.39, 0.29) is 12.5 Å². The average Bonchev–Trinajstić information content (AvgIpc) is 2.87. The van der Waals surface area contributed by atoms with Crippen LogP contribution < -0.4 is 15.8 Å². The van der Waals surface area contributed by atoms with E-state index in [2.05, 4.69) is 10.3 Å².